The Kier molecular flexibility index (Phi) is 6.16. The molecule has 2 amide bonds. The number of rotatable bonds is 5. The quantitative estimate of drug-likeness (QED) is 0.785. The summed E-state index contributed by atoms with van der Waals surface area (Å²) >= 11 is 0. The summed E-state index contributed by atoms with van der Waals surface area (Å²) in [5, 5.41) is 2.75. The lowest BCUT2D eigenvalue weighted by atomic mass is 10.1. The van der Waals surface area contributed by atoms with Crippen LogP contribution in [-0.4, -0.2) is 36.5 Å². The predicted molar refractivity (Wildman–Crippen MR) is 107 cm³/mol. The van der Waals surface area contributed by atoms with Gasteiger partial charge in [0.1, 0.15) is 5.75 Å². The molecule has 29 heavy (non-hydrogen) atoms. The van der Waals surface area contributed by atoms with Crippen molar-refractivity contribution in [2.45, 2.75) is 39.5 Å². The van der Waals surface area contributed by atoms with Crippen LogP contribution in [0.15, 0.2) is 48.5 Å². The van der Waals surface area contributed by atoms with Crippen molar-refractivity contribution in [1.82, 2.24) is 5.32 Å². The molecule has 1 aliphatic heterocycles. The maximum absolute atomic E-state index is 12.5. The van der Waals surface area contributed by atoms with Gasteiger partial charge in [0.05, 0.1) is 12.2 Å². The van der Waals surface area contributed by atoms with E-state index in [1.54, 1.807) is 24.3 Å². The molecule has 0 fully saturated rings. The number of fused-ring (bicyclic) bond motifs is 1. The van der Waals surface area contributed by atoms with Gasteiger partial charge in [0.25, 0.3) is 5.91 Å². The molecule has 0 saturated carbocycles. The molecule has 2 aromatic carbocycles. The van der Waals surface area contributed by atoms with Crippen molar-refractivity contribution < 1.29 is 23.9 Å². The van der Waals surface area contributed by atoms with E-state index in [1.165, 1.54) is 18.7 Å². The minimum Gasteiger partial charge on any atom is -0.475 e. The monoisotopic (exact) mass is 396 g/mol. The van der Waals surface area contributed by atoms with Crippen molar-refractivity contribution in [3.05, 3.63) is 59.7 Å². The van der Waals surface area contributed by atoms with Gasteiger partial charge in [-0.05, 0) is 31.5 Å². The Labute approximate surface area is 169 Å². The zero-order valence-electron chi connectivity index (χ0n) is 16.7. The molecule has 2 atom stereocenters. The highest BCUT2D eigenvalue weighted by molar-refractivity contribution is 5.95. The highest BCUT2D eigenvalue weighted by atomic mass is 16.6. The van der Waals surface area contributed by atoms with Crippen molar-refractivity contribution in [2.75, 3.05) is 11.4 Å². The zero-order chi connectivity index (χ0) is 21.0. The summed E-state index contributed by atoms with van der Waals surface area (Å²) in [6, 6.07) is 14.8. The molecule has 0 aromatic heterocycles. The first-order valence-corrected chi connectivity index (χ1v) is 9.42. The topological polar surface area (TPSA) is 84.9 Å². The largest absolute Gasteiger partial charge is 0.475 e. The Bertz CT molecular complexity index is 910. The number of nitrogens with one attached hydrogen (secondary N) is 1. The molecular formula is C22H24N2O5. The van der Waals surface area contributed by atoms with E-state index in [-0.39, 0.29) is 12.5 Å². The average molecular weight is 396 g/mol. The third kappa shape index (κ3) is 4.93. The Morgan fingerprint density at radius 1 is 1.17 bits per heavy atom. The second kappa shape index (κ2) is 8.77. The van der Waals surface area contributed by atoms with Gasteiger partial charge in [0.2, 0.25) is 12.0 Å². The third-order valence-electron chi connectivity index (χ3n) is 4.67. The molecule has 3 rings (SSSR count). The van der Waals surface area contributed by atoms with Crippen molar-refractivity contribution in [3.63, 3.8) is 0 Å². The zero-order valence-corrected chi connectivity index (χ0v) is 16.7. The number of carbonyl (C=O) groups excluding carboxylic acids is 3. The number of ether oxygens (including phenoxy) is 2. The number of benzene rings is 2. The molecule has 0 aliphatic carbocycles. The Hall–Kier alpha value is -3.35. The number of carbonyl (C=O) groups is 3. The summed E-state index contributed by atoms with van der Waals surface area (Å²) < 4.78 is 11.0. The van der Waals surface area contributed by atoms with Gasteiger partial charge in [-0.3, -0.25) is 9.59 Å². The van der Waals surface area contributed by atoms with Crippen LogP contribution in [0, 0.1) is 6.92 Å². The van der Waals surface area contributed by atoms with Gasteiger partial charge in [0.15, 0.2) is 6.10 Å². The second-order valence-corrected chi connectivity index (χ2v) is 6.99. The number of esters is 1. The van der Waals surface area contributed by atoms with Crippen LogP contribution in [-0.2, 0) is 25.7 Å². The van der Waals surface area contributed by atoms with E-state index in [4.69, 9.17) is 9.47 Å². The van der Waals surface area contributed by atoms with Crippen LogP contribution in [0.5, 0.6) is 5.75 Å². The summed E-state index contributed by atoms with van der Waals surface area (Å²) in [6.07, 6.45) is -1.99. The van der Waals surface area contributed by atoms with Crippen molar-refractivity contribution in [1.29, 1.82) is 0 Å². The summed E-state index contributed by atoms with van der Waals surface area (Å²) in [5.41, 5.74) is 2.69. The summed E-state index contributed by atoms with van der Waals surface area (Å²) in [5.74, 6) is -0.878. The SMILES string of the molecule is CC(=O)N1C[C@@H](C(=O)O[C@H](C)C(=O)NCc2ccc(C)cc2)Oc2ccccc21. The van der Waals surface area contributed by atoms with Crippen LogP contribution in [0.1, 0.15) is 25.0 Å². The number of nitrogens with zero attached hydrogens (tertiary/aromatic N) is 1. The van der Waals surface area contributed by atoms with E-state index >= 15 is 0 Å². The highest BCUT2D eigenvalue weighted by Crippen LogP contribution is 2.33. The lowest BCUT2D eigenvalue weighted by Gasteiger charge is -2.33. The van der Waals surface area contributed by atoms with Gasteiger partial charge < -0.3 is 19.7 Å². The van der Waals surface area contributed by atoms with E-state index in [2.05, 4.69) is 5.32 Å². The lowest BCUT2D eigenvalue weighted by molar-refractivity contribution is -0.161. The maximum atomic E-state index is 12.5. The Morgan fingerprint density at radius 3 is 2.55 bits per heavy atom. The fraction of sp³-hybridized carbons (Fsp3) is 0.318. The predicted octanol–water partition coefficient (Wildman–Crippen LogP) is 2.36. The van der Waals surface area contributed by atoms with Gasteiger partial charge in [-0.2, -0.15) is 0 Å². The molecule has 7 heteroatoms. The fourth-order valence-electron chi connectivity index (χ4n) is 3.00. The fourth-order valence-corrected chi connectivity index (χ4v) is 3.00. The number of hydrogen-bond donors (Lipinski definition) is 1. The van der Waals surface area contributed by atoms with Crippen LogP contribution in [0.4, 0.5) is 5.69 Å². The van der Waals surface area contributed by atoms with Crippen molar-refractivity contribution >= 4 is 23.5 Å². The van der Waals surface area contributed by atoms with Crippen LogP contribution in [0.2, 0.25) is 0 Å². The number of amides is 2. The van der Waals surface area contributed by atoms with Gasteiger partial charge in [-0.15, -0.1) is 0 Å². The third-order valence-corrected chi connectivity index (χ3v) is 4.67. The molecule has 152 valence electrons. The molecule has 0 spiro atoms. The Morgan fingerprint density at radius 2 is 1.86 bits per heavy atom. The smallest absolute Gasteiger partial charge is 0.350 e. The van der Waals surface area contributed by atoms with Crippen LogP contribution in [0.3, 0.4) is 0 Å². The van der Waals surface area contributed by atoms with E-state index < -0.39 is 24.1 Å². The van der Waals surface area contributed by atoms with Crippen LogP contribution < -0.4 is 15.0 Å². The van der Waals surface area contributed by atoms with Crippen molar-refractivity contribution in [2.24, 2.45) is 0 Å². The molecule has 1 N–H and O–H groups in total. The summed E-state index contributed by atoms with van der Waals surface area (Å²) in [7, 11) is 0. The van der Waals surface area contributed by atoms with E-state index in [1.807, 2.05) is 31.2 Å². The number of hydrogen-bond acceptors (Lipinski definition) is 5. The molecule has 0 unspecified atom stereocenters. The van der Waals surface area contributed by atoms with E-state index in [0.717, 1.165) is 11.1 Å². The van der Waals surface area contributed by atoms with Crippen LogP contribution in [0.25, 0.3) is 0 Å². The first-order chi connectivity index (χ1) is 13.8. The maximum Gasteiger partial charge on any atom is 0.350 e. The standard InChI is InChI=1S/C22H24N2O5/c1-14-8-10-17(11-9-14)12-23-21(26)15(2)28-22(27)20-13-24(16(3)25)18-6-4-5-7-19(18)29-20/h4-11,15,20H,12-13H2,1-3H3,(H,23,26)/t15-,20+/m1/s1. The van der Waals surface area contributed by atoms with Crippen molar-refractivity contribution in [3.8, 4) is 5.75 Å². The minimum atomic E-state index is -0.999. The van der Waals surface area contributed by atoms with Gasteiger partial charge in [0, 0.05) is 13.5 Å². The van der Waals surface area contributed by atoms with Crippen LogP contribution >= 0.6 is 0 Å². The molecule has 2 aromatic rings. The summed E-state index contributed by atoms with van der Waals surface area (Å²) in [4.78, 5) is 38.2. The second-order valence-electron chi connectivity index (χ2n) is 6.99. The van der Waals surface area contributed by atoms with E-state index in [9.17, 15) is 14.4 Å². The number of aryl methyl sites for hydroxylation is 1. The average Bonchev–Trinajstić information content (AvgIpc) is 2.72. The molecular weight excluding hydrogens is 372 g/mol. The van der Waals surface area contributed by atoms with Gasteiger partial charge in [-0.25, -0.2) is 4.79 Å². The summed E-state index contributed by atoms with van der Waals surface area (Å²) in [6.45, 7) is 5.28. The lowest BCUT2D eigenvalue weighted by Crippen LogP contribution is -2.48. The highest BCUT2D eigenvalue weighted by Gasteiger charge is 2.35. The molecule has 7 nitrogen and oxygen atoms in total. The molecule has 1 aliphatic rings. The Balaban J connectivity index is 1.58. The van der Waals surface area contributed by atoms with Gasteiger partial charge in [-0.1, -0.05) is 42.0 Å². The molecule has 0 saturated heterocycles. The molecule has 0 radical (unpaired) electrons. The first-order valence-electron chi connectivity index (χ1n) is 9.42. The van der Waals surface area contributed by atoms with Gasteiger partial charge >= 0.3 is 5.97 Å². The van der Waals surface area contributed by atoms with E-state index in [0.29, 0.717) is 18.0 Å². The molecule has 1 heterocycles. The minimum absolute atomic E-state index is 0.0306. The number of anilines is 1. The molecule has 0 bridgehead atoms. The number of para-hydroxylation sites is 2. The first kappa shape index (κ1) is 20.4. The normalized spacial score (nSPS) is 16.2.